The van der Waals surface area contributed by atoms with Crippen molar-refractivity contribution in [3.8, 4) is 0 Å². The van der Waals surface area contributed by atoms with E-state index in [1.807, 2.05) is 13.8 Å². The predicted molar refractivity (Wildman–Crippen MR) is 50.4 cm³/mol. The number of benzene rings is 1. The van der Waals surface area contributed by atoms with Crippen molar-refractivity contribution >= 4 is 5.78 Å². The molecule has 1 aromatic carbocycles. The molecule has 13 heavy (non-hydrogen) atoms. The molecule has 0 saturated carbocycles. The first kappa shape index (κ1) is 9.90. The second-order valence-corrected chi connectivity index (χ2v) is 3.16. The van der Waals surface area contributed by atoms with Gasteiger partial charge in [-0.25, -0.2) is 4.39 Å². The Hall–Kier alpha value is -1.18. The summed E-state index contributed by atoms with van der Waals surface area (Å²) in [5, 5.41) is 0. The van der Waals surface area contributed by atoms with Gasteiger partial charge in [0.2, 0.25) is 0 Å². The molecule has 0 aromatic heterocycles. The van der Waals surface area contributed by atoms with E-state index in [0.717, 1.165) is 12.0 Å². The molecule has 0 heterocycles. The fourth-order valence-corrected chi connectivity index (χ4v) is 1.21. The fourth-order valence-electron chi connectivity index (χ4n) is 1.21. The number of hydrogen-bond donors (Lipinski definition) is 0. The van der Waals surface area contributed by atoms with Crippen LogP contribution in [0.4, 0.5) is 4.39 Å². The Labute approximate surface area is 77.6 Å². The molecule has 0 saturated heterocycles. The Balaban J connectivity index is 2.99. The SMILES string of the molecule is CCCC(=O)c1cc(C)ccc1F. The average Bonchev–Trinajstić information content (AvgIpc) is 2.09. The highest BCUT2D eigenvalue weighted by molar-refractivity contribution is 5.96. The second kappa shape index (κ2) is 4.17. The molecule has 0 amide bonds. The summed E-state index contributed by atoms with van der Waals surface area (Å²) >= 11 is 0. The van der Waals surface area contributed by atoms with Crippen LogP contribution < -0.4 is 0 Å². The smallest absolute Gasteiger partial charge is 0.165 e. The van der Waals surface area contributed by atoms with Crippen LogP contribution in [0.3, 0.4) is 0 Å². The maximum Gasteiger partial charge on any atom is 0.165 e. The first-order valence-corrected chi connectivity index (χ1v) is 4.44. The molecule has 0 spiro atoms. The minimum Gasteiger partial charge on any atom is -0.294 e. The highest BCUT2D eigenvalue weighted by Gasteiger charge is 2.09. The molecular formula is C11H13FO. The zero-order valence-corrected chi connectivity index (χ0v) is 7.93. The van der Waals surface area contributed by atoms with E-state index in [1.165, 1.54) is 6.07 Å². The van der Waals surface area contributed by atoms with Crippen LogP contribution in [0.15, 0.2) is 18.2 Å². The van der Waals surface area contributed by atoms with Gasteiger partial charge in [-0.15, -0.1) is 0 Å². The van der Waals surface area contributed by atoms with Crippen LogP contribution in [0, 0.1) is 12.7 Å². The summed E-state index contributed by atoms with van der Waals surface area (Å²) in [5.74, 6) is -0.521. The van der Waals surface area contributed by atoms with Gasteiger partial charge >= 0.3 is 0 Å². The van der Waals surface area contributed by atoms with Crippen molar-refractivity contribution in [3.05, 3.63) is 35.1 Å². The topological polar surface area (TPSA) is 17.1 Å². The van der Waals surface area contributed by atoms with Crippen molar-refractivity contribution in [2.24, 2.45) is 0 Å². The molecule has 0 atom stereocenters. The summed E-state index contributed by atoms with van der Waals surface area (Å²) in [4.78, 5) is 11.4. The first-order valence-electron chi connectivity index (χ1n) is 4.44. The number of carbonyl (C=O) groups excluding carboxylic acids is 1. The zero-order valence-electron chi connectivity index (χ0n) is 7.93. The van der Waals surface area contributed by atoms with Crippen LogP contribution in [0.2, 0.25) is 0 Å². The van der Waals surface area contributed by atoms with Crippen LogP contribution >= 0.6 is 0 Å². The van der Waals surface area contributed by atoms with E-state index in [0.29, 0.717) is 6.42 Å². The number of hydrogen-bond acceptors (Lipinski definition) is 1. The Bertz CT molecular complexity index is 318. The van der Waals surface area contributed by atoms with Crippen LogP contribution in [0.25, 0.3) is 0 Å². The minimum absolute atomic E-state index is 0.108. The normalized spacial score (nSPS) is 10.1. The summed E-state index contributed by atoms with van der Waals surface area (Å²) in [5.41, 5.74) is 1.14. The van der Waals surface area contributed by atoms with Crippen molar-refractivity contribution < 1.29 is 9.18 Å². The number of rotatable bonds is 3. The second-order valence-electron chi connectivity index (χ2n) is 3.16. The molecule has 1 nitrogen and oxygen atoms in total. The Kier molecular flexibility index (Phi) is 3.18. The molecule has 0 radical (unpaired) electrons. The molecule has 0 unspecified atom stereocenters. The Morgan fingerprint density at radius 3 is 2.77 bits per heavy atom. The molecule has 1 aromatic rings. The molecule has 0 fully saturated rings. The van der Waals surface area contributed by atoms with Gasteiger partial charge < -0.3 is 0 Å². The van der Waals surface area contributed by atoms with Gasteiger partial charge in [-0.1, -0.05) is 18.6 Å². The van der Waals surface area contributed by atoms with Gasteiger partial charge in [-0.3, -0.25) is 4.79 Å². The van der Waals surface area contributed by atoms with Crippen LogP contribution in [-0.2, 0) is 0 Å². The predicted octanol–water partition coefficient (Wildman–Crippen LogP) is 3.12. The monoisotopic (exact) mass is 180 g/mol. The van der Waals surface area contributed by atoms with Crippen molar-refractivity contribution in [1.82, 2.24) is 0 Å². The van der Waals surface area contributed by atoms with E-state index >= 15 is 0 Å². The molecular weight excluding hydrogens is 167 g/mol. The van der Waals surface area contributed by atoms with Gasteiger partial charge in [0.05, 0.1) is 5.56 Å². The van der Waals surface area contributed by atoms with Crippen LogP contribution in [0.5, 0.6) is 0 Å². The average molecular weight is 180 g/mol. The molecule has 2 heteroatoms. The number of halogens is 1. The van der Waals surface area contributed by atoms with E-state index in [4.69, 9.17) is 0 Å². The summed E-state index contributed by atoms with van der Waals surface area (Å²) in [6.07, 6.45) is 1.17. The van der Waals surface area contributed by atoms with Crippen LogP contribution in [-0.4, -0.2) is 5.78 Å². The third kappa shape index (κ3) is 2.38. The molecule has 0 aliphatic carbocycles. The van der Waals surface area contributed by atoms with Crippen molar-refractivity contribution in [1.29, 1.82) is 0 Å². The van der Waals surface area contributed by atoms with Gasteiger partial charge in [0.15, 0.2) is 5.78 Å². The highest BCUT2D eigenvalue weighted by Crippen LogP contribution is 2.12. The standard InChI is InChI=1S/C11H13FO/c1-3-4-11(13)9-7-8(2)5-6-10(9)12/h5-7H,3-4H2,1-2H3. The maximum absolute atomic E-state index is 13.1. The molecule has 70 valence electrons. The lowest BCUT2D eigenvalue weighted by Crippen LogP contribution is -2.01. The number of carbonyl (C=O) groups is 1. The van der Waals surface area contributed by atoms with E-state index in [1.54, 1.807) is 12.1 Å². The van der Waals surface area contributed by atoms with Gasteiger partial charge in [-0.05, 0) is 25.5 Å². The minimum atomic E-state index is -0.413. The van der Waals surface area contributed by atoms with Crippen LogP contribution in [0.1, 0.15) is 35.7 Å². The van der Waals surface area contributed by atoms with Gasteiger partial charge in [0, 0.05) is 6.42 Å². The van der Waals surface area contributed by atoms with Gasteiger partial charge in [0.1, 0.15) is 5.82 Å². The maximum atomic E-state index is 13.1. The third-order valence-electron chi connectivity index (χ3n) is 1.90. The lowest BCUT2D eigenvalue weighted by molar-refractivity contribution is 0.0978. The first-order chi connectivity index (χ1) is 6.15. The number of ketones is 1. The van der Waals surface area contributed by atoms with E-state index in [-0.39, 0.29) is 11.3 Å². The summed E-state index contributed by atoms with van der Waals surface area (Å²) in [6.45, 7) is 3.76. The van der Waals surface area contributed by atoms with E-state index in [2.05, 4.69) is 0 Å². The quantitative estimate of drug-likeness (QED) is 0.653. The molecule has 1 rings (SSSR count). The van der Waals surface area contributed by atoms with E-state index < -0.39 is 5.82 Å². The lowest BCUT2D eigenvalue weighted by Gasteiger charge is -2.01. The Morgan fingerprint density at radius 2 is 2.15 bits per heavy atom. The van der Waals surface area contributed by atoms with E-state index in [9.17, 15) is 9.18 Å². The summed E-state index contributed by atoms with van der Waals surface area (Å²) in [7, 11) is 0. The summed E-state index contributed by atoms with van der Waals surface area (Å²) < 4.78 is 13.1. The largest absolute Gasteiger partial charge is 0.294 e. The molecule has 0 aliphatic heterocycles. The lowest BCUT2D eigenvalue weighted by atomic mass is 10.0. The van der Waals surface area contributed by atoms with Gasteiger partial charge in [0.25, 0.3) is 0 Å². The van der Waals surface area contributed by atoms with Crippen molar-refractivity contribution in [3.63, 3.8) is 0 Å². The summed E-state index contributed by atoms with van der Waals surface area (Å²) in [6, 6.07) is 4.61. The molecule has 0 bridgehead atoms. The molecule has 0 N–H and O–H groups in total. The fraction of sp³-hybridized carbons (Fsp3) is 0.364. The third-order valence-corrected chi connectivity index (χ3v) is 1.90. The van der Waals surface area contributed by atoms with Crippen molar-refractivity contribution in [2.45, 2.75) is 26.7 Å². The zero-order chi connectivity index (χ0) is 9.84. The van der Waals surface area contributed by atoms with Gasteiger partial charge in [-0.2, -0.15) is 0 Å². The molecule has 0 aliphatic rings. The van der Waals surface area contributed by atoms with Crippen molar-refractivity contribution in [2.75, 3.05) is 0 Å². The Morgan fingerprint density at radius 1 is 1.46 bits per heavy atom. The number of aryl methyl sites for hydroxylation is 1. The number of Topliss-reactive ketones (excluding diaryl/α,β-unsaturated/α-hetero) is 1. The highest BCUT2D eigenvalue weighted by atomic mass is 19.1.